The summed E-state index contributed by atoms with van der Waals surface area (Å²) in [4.78, 5) is 15.7. The maximum atomic E-state index is 11.0. The van der Waals surface area contributed by atoms with Gasteiger partial charge in [-0.25, -0.2) is 0 Å². The van der Waals surface area contributed by atoms with Gasteiger partial charge in [0.05, 0.1) is 14.2 Å². The molecule has 0 bridgehead atoms. The second kappa shape index (κ2) is 13.9. The predicted octanol–water partition coefficient (Wildman–Crippen LogP) is 3.22. The number of nitrogens with one attached hydrogen (secondary N) is 2. The first-order valence-electron chi connectivity index (χ1n) is 9.83. The van der Waals surface area contributed by atoms with E-state index in [-0.39, 0.29) is 5.97 Å². The smallest absolute Gasteiger partial charge is 0.305 e. The van der Waals surface area contributed by atoms with E-state index in [1.165, 1.54) is 12.7 Å². The van der Waals surface area contributed by atoms with Crippen LogP contribution in [0.2, 0.25) is 0 Å². The first-order valence-corrected chi connectivity index (χ1v) is 9.83. The molecule has 1 aromatic carbocycles. The number of benzene rings is 1. The molecule has 0 fully saturated rings. The Kier molecular flexibility index (Phi) is 11.7. The van der Waals surface area contributed by atoms with E-state index in [9.17, 15) is 4.79 Å². The molecule has 1 rings (SSSR count). The number of unbranched alkanes of at least 4 members (excludes halogenated alkanes) is 3. The minimum absolute atomic E-state index is 0.127. The number of carbonyl (C=O) groups excluding carboxylic acids is 1. The summed E-state index contributed by atoms with van der Waals surface area (Å²) < 4.78 is 10.0. The summed E-state index contributed by atoms with van der Waals surface area (Å²) >= 11 is 0. The molecule has 0 aliphatic carbocycles. The van der Waals surface area contributed by atoms with Gasteiger partial charge >= 0.3 is 5.97 Å². The Morgan fingerprint density at radius 1 is 1.11 bits per heavy atom. The Morgan fingerprint density at radius 2 is 1.89 bits per heavy atom. The van der Waals surface area contributed by atoms with Crippen LogP contribution in [-0.2, 0) is 16.0 Å². The number of guanidine groups is 1. The lowest BCUT2D eigenvalue weighted by Gasteiger charge is -2.12. The van der Waals surface area contributed by atoms with E-state index < -0.39 is 0 Å². The van der Waals surface area contributed by atoms with E-state index in [4.69, 9.17) is 4.74 Å². The molecule has 0 radical (unpaired) electrons. The van der Waals surface area contributed by atoms with Crippen LogP contribution >= 0.6 is 0 Å². The fourth-order valence-electron chi connectivity index (χ4n) is 2.71. The number of nitrogens with zero attached hydrogens (tertiary/aromatic N) is 1. The van der Waals surface area contributed by atoms with Gasteiger partial charge in [0.2, 0.25) is 0 Å². The highest BCUT2D eigenvalue weighted by molar-refractivity contribution is 5.79. The highest BCUT2D eigenvalue weighted by Gasteiger charge is 2.02. The molecule has 6 nitrogen and oxygen atoms in total. The Labute approximate surface area is 163 Å². The monoisotopic (exact) mass is 377 g/mol. The van der Waals surface area contributed by atoms with Crippen molar-refractivity contribution in [3.63, 3.8) is 0 Å². The molecule has 0 amide bonds. The maximum absolute atomic E-state index is 11.0. The third kappa shape index (κ3) is 9.87. The van der Waals surface area contributed by atoms with Gasteiger partial charge in [-0.05, 0) is 50.3 Å². The molecule has 0 saturated carbocycles. The molecule has 152 valence electrons. The summed E-state index contributed by atoms with van der Waals surface area (Å²) in [5.74, 6) is 1.66. The van der Waals surface area contributed by atoms with Crippen LogP contribution in [0.5, 0.6) is 5.75 Å². The van der Waals surface area contributed by atoms with Crippen LogP contribution in [0.3, 0.4) is 0 Å². The van der Waals surface area contributed by atoms with Crippen molar-refractivity contribution in [2.24, 2.45) is 4.99 Å². The summed E-state index contributed by atoms with van der Waals surface area (Å²) in [6.07, 6.45) is 5.43. The Balaban J connectivity index is 2.29. The molecular formula is C21H35N3O3. The van der Waals surface area contributed by atoms with E-state index in [1.807, 2.05) is 6.92 Å². The zero-order valence-electron chi connectivity index (χ0n) is 17.3. The molecule has 0 unspecified atom stereocenters. The largest absolute Gasteiger partial charge is 0.496 e. The van der Waals surface area contributed by atoms with Gasteiger partial charge in [-0.1, -0.05) is 25.0 Å². The van der Waals surface area contributed by atoms with E-state index >= 15 is 0 Å². The Bertz CT molecular complexity index is 588. The number of hydrogen-bond donors (Lipinski definition) is 2. The molecule has 27 heavy (non-hydrogen) atoms. The van der Waals surface area contributed by atoms with Gasteiger partial charge in [0.1, 0.15) is 5.75 Å². The lowest BCUT2D eigenvalue weighted by atomic mass is 10.1. The fourth-order valence-corrected chi connectivity index (χ4v) is 2.71. The molecule has 0 aliphatic rings. The van der Waals surface area contributed by atoms with E-state index in [0.29, 0.717) is 6.42 Å². The molecule has 0 atom stereocenters. The maximum Gasteiger partial charge on any atom is 0.305 e. The average molecular weight is 378 g/mol. The minimum atomic E-state index is -0.127. The molecular weight excluding hydrogens is 342 g/mol. The molecule has 0 aliphatic heterocycles. The van der Waals surface area contributed by atoms with Gasteiger partial charge in [-0.2, -0.15) is 0 Å². The van der Waals surface area contributed by atoms with Crippen LogP contribution in [0.1, 0.15) is 50.2 Å². The van der Waals surface area contributed by atoms with Gasteiger partial charge < -0.3 is 20.1 Å². The quantitative estimate of drug-likeness (QED) is 0.253. The van der Waals surface area contributed by atoms with Crippen LogP contribution in [0.15, 0.2) is 23.2 Å². The normalized spacial score (nSPS) is 11.2. The number of methoxy groups -OCH3 is 2. The molecule has 0 aromatic heterocycles. The molecule has 0 saturated heterocycles. The highest BCUT2D eigenvalue weighted by atomic mass is 16.5. The first kappa shape index (κ1) is 22.8. The fraction of sp³-hybridized carbons (Fsp3) is 0.619. The van der Waals surface area contributed by atoms with Crippen molar-refractivity contribution in [2.45, 2.75) is 52.4 Å². The summed E-state index contributed by atoms with van der Waals surface area (Å²) in [5.41, 5.74) is 2.39. The molecule has 2 N–H and O–H groups in total. The second-order valence-corrected chi connectivity index (χ2v) is 6.48. The van der Waals surface area contributed by atoms with Gasteiger partial charge in [-0.15, -0.1) is 0 Å². The average Bonchev–Trinajstić information content (AvgIpc) is 2.68. The predicted molar refractivity (Wildman–Crippen MR) is 111 cm³/mol. The summed E-state index contributed by atoms with van der Waals surface area (Å²) in [5, 5.41) is 6.66. The van der Waals surface area contributed by atoms with Crippen LogP contribution in [0.25, 0.3) is 0 Å². The summed E-state index contributed by atoms with van der Waals surface area (Å²) in [6, 6.07) is 6.32. The van der Waals surface area contributed by atoms with Crippen molar-refractivity contribution in [3.05, 3.63) is 29.3 Å². The number of rotatable bonds is 12. The number of carbonyl (C=O) groups is 1. The van der Waals surface area contributed by atoms with Gasteiger partial charge in [-0.3, -0.25) is 9.79 Å². The number of ether oxygens (including phenoxy) is 2. The van der Waals surface area contributed by atoms with Gasteiger partial charge in [0.25, 0.3) is 0 Å². The molecule has 0 spiro atoms. The topological polar surface area (TPSA) is 72.0 Å². The van der Waals surface area contributed by atoms with Crippen LogP contribution in [0, 0.1) is 6.92 Å². The van der Waals surface area contributed by atoms with Crippen molar-refractivity contribution in [1.82, 2.24) is 10.6 Å². The summed E-state index contributed by atoms with van der Waals surface area (Å²) in [7, 11) is 3.14. The van der Waals surface area contributed by atoms with Gasteiger partial charge in [0, 0.05) is 26.1 Å². The Morgan fingerprint density at radius 3 is 2.59 bits per heavy atom. The van der Waals surface area contributed by atoms with E-state index in [2.05, 4.69) is 45.5 Å². The molecule has 6 heteroatoms. The lowest BCUT2D eigenvalue weighted by Crippen LogP contribution is -2.38. The SMILES string of the molecule is CCNC(=NCCCCCCC(=O)OC)NCCc1ccc(C)c(OC)c1. The van der Waals surface area contributed by atoms with E-state index in [0.717, 1.165) is 69.0 Å². The second-order valence-electron chi connectivity index (χ2n) is 6.48. The zero-order valence-corrected chi connectivity index (χ0v) is 17.3. The lowest BCUT2D eigenvalue weighted by molar-refractivity contribution is -0.140. The highest BCUT2D eigenvalue weighted by Crippen LogP contribution is 2.18. The van der Waals surface area contributed by atoms with Crippen molar-refractivity contribution in [1.29, 1.82) is 0 Å². The summed E-state index contributed by atoms with van der Waals surface area (Å²) in [6.45, 7) is 6.55. The number of esters is 1. The molecule has 1 aromatic rings. The standard InChI is InChI=1S/C21H35N3O3/c1-5-22-21(23-14-9-7-6-8-10-20(25)27-4)24-15-13-18-12-11-17(2)19(16-18)26-3/h11-12,16H,5-10,13-15H2,1-4H3,(H2,22,23,24). The first-order chi connectivity index (χ1) is 13.1. The van der Waals surface area contributed by atoms with Crippen molar-refractivity contribution >= 4 is 11.9 Å². The molecule has 0 heterocycles. The van der Waals surface area contributed by atoms with Crippen molar-refractivity contribution < 1.29 is 14.3 Å². The van der Waals surface area contributed by atoms with Crippen LogP contribution in [0.4, 0.5) is 0 Å². The van der Waals surface area contributed by atoms with E-state index in [1.54, 1.807) is 7.11 Å². The zero-order chi connectivity index (χ0) is 19.9. The Hall–Kier alpha value is -2.24. The number of hydrogen-bond acceptors (Lipinski definition) is 4. The van der Waals surface area contributed by atoms with Crippen LogP contribution in [-0.4, -0.2) is 45.8 Å². The number of aliphatic imine (C=N–C) groups is 1. The van der Waals surface area contributed by atoms with Crippen molar-refractivity contribution in [3.8, 4) is 5.75 Å². The van der Waals surface area contributed by atoms with Gasteiger partial charge in [0.15, 0.2) is 5.96 Å². The van der Waals surface area contributed by atoms with Crippen LogP contribution < -0.4 is 15.4 Å². The minimum Gasteiger partial charge on any atom is -0.496 e. The third-order valence-corrected chi connectivity index (χ3v) is 4.31. The number of aryl methyl sites for hydroxylation is 1. The van der Waals surface area contributed by atoms with Crippen molar-refractivity contribution in [2.75, 3.05) is 33.9 Å². The third-order valence-electron chi connectivity index (χ3n) is 4.31.